The summed E-state index contributed by atoms with van der Waals surface area (Å²) >= 11 is 3.53. The number of nitrogens with zero attached hydrogens (tertiary/aromatic N) is 1. The highest BCUT2D eigenvalue weighted by molar-refractivity contribution is 9.09. The minimum absolute atomic E-state index is 0.594. The molecule has 1 saturated carbocycles. The molecule has 0 N–H and O–H groups in total. The van der Waals surface area contributed by atoms with Gasteiger partial charge in [0, 0.05) is 24.1 Å². The van der Waals surface area contributed by atoms with E-state index in [1.807, 2.05) is 11.9 Å². The van der Waals surface area contributed by atoms with Crippen molar-refractivity contribution in [3.8, 4) is 0 Å². The second kappa shape index (κ2) is 5.11. The van der Waals surface area contributed by atoms with Crippen molar-refractivity contribution in [3.63, 3.8) is 0 Å². The molecule has 18 heavy (non-hydrogen) atoms. The molecule has 1 aromatic rings. The predicted molar refractivity (Wildman–Crippen MR) is 70.2 cm³/mol. The highest BCUT2D eigenvalue weighted by Gasteiger charge is 2.30. The van der Waals surface area contributed by atoms with E-state index in [4.69, 9.17) is 0 Å². The molecule has 2 rings (SSSR count). The number of hydrogen-bond donors (Lipinski definition) is 0. The zero-order chi connectivity index (χ0) is 13.3. The van der Waals surface area contributed by atoms with Crippen molar-refractivity contribution in [2.45, 2.75) is 23.8 Å². The van der Waals surface area contributed by atoms with Crippen LogP contribution in [-0.4, -0.2) is 18.4 Å². The first-order valence-electron chi connectivity index (χ1n) is 5.88. The second-order valence-electron chi connectivity index (χ2n) is 4.86. The lowest BCUT2D eigenvalue weighted by molar-refractivity contribution is -0.137. The molecule has 0 atom stereocenters. The Kier molecular flexibility index (Phi) is 3.90. The zero-order valence-electron chi connectivity index (χ0n) is 10.0. The Morgan fingerprint density at radius 2 is 1.78 bits per heavy atom. The van der Waals surface area contributed by atoms with E-state index in [-0.39, 0.29) is 0 Å². The molecule has 1 nitrogen and oxygen atoms in total. The van der Waals surface area contributed by atoms with Gasteiger partial charge in [-0.25, -0.2) is 0 Å². The van der Waals surface area contributed by atoms with Crippen LogP contribution in [0.1, 0.15) is 18.4 Å². The van der Waals surface area contributed by atoms with E-state index >= 15 is 0 Å². The summed E-state index contributed by atoms with van der Waals surface area (Å²) in [7, 11) is 1.92. The molecule has 1 aliphatic carbocycles. The maximum atomic E-state index is 12.4. The maximum Gasteiger partial charge on any atom is 0.416 e. The topological polar surface area (TPSA) is 3.24 Å². The Balaban J connectivity index is 1.96. The molecule has 0 aromatic heterocycles. The summed E-state index contributed by atoms with van der Waals surface area (Å²) < 4.78 is 37.3. The van der Waals surface area contributed by atoms with Crippen LogP contribution in [0.25, 0.3) is 0 Å². The van der Waals surface area contributed by atoms with Crippen molar-refractivity contribution in [2.75, 3.05) is 18.5 Å². The minimum atomic E-state index is -4.26. The molecule has 1 aliphatic rings. The Bertz CT molecular complexity index is 396. The SMILES string of the molecule is CN(CC1CC(Br)C1)c1ccc(C(F)(F)F)cc1. The van der Waals surface area contributed by atoms with Gasteiger partial charge in [-0.2, -0.15) is 13.2 Å². The van der Waals surface area contributed by atoms with Gasteiger partial charge in [0.05, 0.1) is 5.56 Å². The van der Waals surface area contributed by atoms with Gasteiger partial charge in [-0.3, -0.25) is 0 Å². The van der Waals surface area contributed by atoms with Crippen LogP contribution in [0.5, 0.6) is 0 Å². The molecule has 0 unspecified atom stereocenters. The molecule has 5 heteroatoms. The second-order valence-corrected chi connectivity index (χ2v) is 6.15. The molecule has 0 heterocycles. The van der Waals surface area contributed by atoms with E-state index in [1.54, 1.807) is 0 Å². The summed E-state index contributed by atoms with van der Waals surface area (Å²) in [5, 5.41) is 0. The van der Waals surface area contributed by atoms with Crippen molar-refractivity contribution in [1.29, 1.82) is 0 Å². The first-order chi connectivity index (χ1) is 8.36. The van der Waals surface area contributed by atoms with Crippen LogP contribution < -0.4 is 4.90 Å². The van der Waals surface area contributed by atoms with Crippen LogP contribution in [0, 0.1) is 5.92 Å². The smallest absolute Gasteiger partial charge is 0.374 e. The number of anilines is 1. The van der Waals surface area contributed by atoms with Gasteiger partial charge < -0.3 is 4.90 Å². The van der Waals surface area contributed by atoms with Crippen LogP contribution in [-0.2, 0) is 6.18 Å². The monoisotopic (exact) mass is 321 g/mol. The lowest BCUT2D eigenvalue weighted by Gasteiger charge is -2.35. The van der Waals surface area contributed by atoms with Gasteiger partial charge in [-0.1, -0.05) is 15.9 Å². The van der Waals surface area contributed by atoms with E-state index < -0.39 is 11.7 Å². The lowest BCUT2D eigenvalue weighted by Crippen LogP contribution is -2.34. The normalized spacial score (nSPS) is 23.6. The van der Waals surface area contributed by atoms with Crippen LogP contribution in [0.4, 0.5) is 18.9 Å². The van der Waals surface area contributed by atoms with Crippen molar-refractivity contribution in [3.05, 3.63) is 29.8 Å². The molecule has 0 radical (unpaired) electrons. The fraction of sp³-hybridized carbons (Fsp3) is 0.538. The van der Waals surface area contributed by atoms with Crippen molar-refractivity contribution < 1.29 is 13.2 Å². The van der Waals surface area contributed by atoms with Crippen molar-refractivity contribution in [2.24, 2.45) is 5.92 Å². The third kappa shape index (κ3) is 3.19. The van der Waals surface area contributed by atoms with Crippen molar-refractivity contribution >= 4 is 21.6 Å². The average Bonchev–Trinajstić information content (AvgIpc) is 2.26. The van der Waals surface area contributed by atoms with Gasteiger partial charge in [0.25, 0.3) is 0 Å². The lowest BCUT2D eigenvalue weighted by atomic mass is 9.85. The summed E-state index contributed by atoms with van der Waals surface area (Å²) in [5.41, 5.74) is 0.241. The fourth-order valence-corrected chi connectivity index (χ4v) is 3.26. The molecule has 0 spiro atoms. The van der Waals surface area contributed by atoms with Gasteiger partial charge >= 0.3 is 6.18 Å². The third-order valence-electron chi connectivity index (χ3n) is 3.35. The summed E-state index contributed by atoms with van der Waals surface area (Å²) in [6.07, 6.45) is -1.97. The van der Waals surface area contributed by atoms with E-state index in [0.29, 0.717) is 10.7 Å². The first kappa shape index (κ1) is 13.7. The Morgan fingerprint density at radius 1 is 1.22 bits per heavy atom. The highest BCUT2D eigenvalue weighted by atomic mass is 79.9. The zero-order valence-corrected chi connectivity index (χ0v) is 11.6. The summed E-state index contributed by atoms with van der Waals surface area (Å²) in [6.45, 7) is 0.896. The van der Waals surface area contributed by atoms with E-state index in [1.165, 1.54) is 12.1 Å². The molecule has 1 aromatic carbocycles. The Morgan fingerprint density at radius 3 is 2.22 bits per heavy atom. The summed E-state index contributed by atoms with van der Waals surface area (Å²) in [5.74, 6) is 0.640. The predicted octanol–water partition coefficient (Wildman–Crippen LogP) is 4.32. The van der Waals surface area contributed by atoms with Gasteiger partial charge in [0.2, 0.25) is 0 Å². The molecule has 0 bridgehead atoms. The quantitative estimate of drug-likeness (QED) is 0.750. The largest absolute Gasteiger partial charge is 0.416 e. The average molecular weight is 322 g/mol. The van der Waals surface area contributed by atoms with Gasteiger partial charge in [-0.05, 0) is 43.0 Å². The fourth-order valence-electron chi connectivity index (χ4n) is 2.20. The highest BCUT2D eigenvalue weighted by Crippen LogP contribution is 2.35. The number of rotatable bonds is 3. The van der Waals surface area contributed by atoms with E-state index in [0.717, 1.165) is 37.2 Å². The molecular weight excluding hydrogens is 307 g/mol. The molecule has 0 saturated heterocycles. The van der Waals surface area contributed by atoms with Crippen LogP contribution in [0.2, 0.25) is 0 Å². The first-order valence-corrected chi connectivity index (χ1v) is 6.80. The summed E-state index contributed by atoms with van der Waals surface area (Å²) in [4.78, 5) is 2.63. The molecule has 1 fully saturated rings. The van der Waals surface area contributed by atoms with Crippen LogP contribution in [0.15, 0.2) is 24.3 Å². The van der Waals surface area contributed by atoms with Gasteiger partial charge in [0.1, 0.15) is 0 Å². The Labute approximate surface area is 113 Å². The number of halogens is 4. The standard InChI is InChI=1S/C13H15BrF3N/c1-18(8-9-6-11(14)7-9)12-4-2-10(3-5-12)13(15,16)17/h2-5,9,11H,6-8H2,1H3. The molecule has 100 valence electrons. The molecule has 0 aliphatic heterocycles. The number of benzene rings is 1. The third-order valence-corrected chi connectivity index (χ3v) is 4.09. The van der Waals surface area contributed by atoms with E-state index in [2.05, 4.69) is 15.9 Å². The van der Waals surface area contributed by atoms with E-state index in [9.17, 15) is 13.2 Å². The van der Waals surface area contributed by atoms with Gasteiger partial charge in [-0.15, -0.1) is 0 Å². The minimum Gasteiger partial charge on any atom is -0.374 e. The number of hydrogen-bond acceptors (Lipinski definition) is 1. The molecule has 0 amide bonds. The van der Waals surface area contributed by atoms with Crippen LogP contribution in [0.3, 0.4) is 0 Å². The maximum absolute atomic E-state index is 12.4. The molecular formula is C13H15BrF3N. The van der Waals surface area contributed by atoms with Crippen LogP contribution >= 0.6 is 15.9 Å². The Hall–Kier alpha value is -0.710. The van der Waals surface area contributed by atoms with Crippen molar-refractivity contribution in [1.82, 2.24) is 0 Å². The number of alkyl halides is 4. The summed E-state index contributed by atoms with van der Waals surface area (Å²) in [6, 6.07) is 5.35. The van der Waals surface area contributed by atoms with Gasteiger partial charge in [0.15, 0.2) is 0 Å².